The van der Waals surface area contributed by atoms with E-state index in [4.69, 9.17) is 0 Å². The van der Waals surface area contributed by atoms with Crippen LogP contribution in [-0.4, -0.2) is 4.57 Å². The summed E-state index contributed by atoms with van der Waals surface area (Å²) in [5.74, 6) is 0. The van der Waals surface area contributed by atoms with Crippen molar-refractivity contribution in [3.05, 3.63) is 133 Å². The molecular weight excluding hydrogens is 398 g/mol. The first-order valence-electron chi connectivity index (χ1n) is 11.2. The molecule has 0 bridgehead atoms. The first kappa shape index (κ1) is 19.3. The molecule has 0 N–H and O–H groups in total. The highest BCUT2D eigenvalue weighted by atomic mass is 15.0. The molecule has 0 saturated carbocycles. The molecular formula is C32H23N. The van der Waals surface area contributed by atoms with Gasteiger partial charge < -0.3 is 4.57 Å². The molecule has 1 heterocycles. The van der Waals surface area contributed by atoms with Crippen LogP contribution in [0, 0.1) is 0 Å². The van der Waals surface area contributed by atoms with Crippen LogP contribution in [0.15, 0.2) is 128 Å². The zero-order valence-corrected chi connectivity index (χ0v) is 18.3. The van der Waals surface area contributed by atoms with Crippen molar-refractivity contribution in [2.75, 3.05) is 0 Å². The topological polar surface area (TPSA) is 4.93 Å². The van der Waals surface area contributed by atoms with Gasteiger partial charge in [-0.05, 0) is 40.3 Å². The molecule has 6 rings (SSSR count). The molecule has 0 spiro atoms. The van der Waals surface area contributed by atoms with Crippen molar-refractivity contribution in [3.8, 4) is 28.1 Å². The summed E-state index contributed by atoms with van der Waals surface area (Å²) in [5, 5.41) is 3.70. The molecule has 0 atom stereocenters. The lowest BCUT2D eigenvalue weighted by atomic mass is 9.97. The number of nitrogens with zero attached hydrogens (tertiary/aromatic N) is 1. The normalized spacial score (nSPS) is 11.2. The molecule has 0 fully saturated rings. The Labute approximate surface area is 193 Å². The maximum absolute atomic E-state index is 4.02. The smallest absolute Gasteiger partial charge is 0.0619 e. The fraction of sp³-hybridized carbons (Fsp3) is 0. The molecule has 1 heteroatoms. The molecule has 33 heavy (non-hydrogen) atoms. The van der Waals surface area contributed by atoms with E-state index in [1.165, 1.54) is 49.7 Å². The molecule has 5 aromatic carbocycles. The summed E-state index contributed by atoms with van der Waals surface area (Å²) < 4.78 is 2.43. The highest BCUT2D eigenvalue weighted by Crippen LogP contribution is 2.44. The van der Waals surface area contributed by atoms with Gasteiger partial charge in [-0.3, -0.25) is 0 Å². The van der Waals surface area contributed by atoms with Crippen LogP contribution in [0.4, 0.5) is 0 Å². The van der Waals surface area contributed by atoms with Gasteiger partial charge in [0.05, 0.1) is 16.9 Å². The minimum atomic E-state index is 1.12. The van der Waals surface area contributed by atoms with Gasteiger partial charge in [0.15, 0.2) is 0 Å². The quantitative estimate of drug-likeness (QED) is 0.268. The molecule has 0 amide bonds. The Morgan fingerprint density at radius 3 is 2.00 bits per heavy atom. The van der Waals surface area contributed by atoms with Gasteiger partial charge in [0.2, 0.25) is 0 Å². The van der Waals surface area contributed by atoms with Crippen LogP contribution in [-0.2, 0) is 0 Å². The minimum absolute atomic E-state index is 1.12. The van der Waals surface area contributed by atoms with Crippen LogP contribution in [0.5, 0.6) is 0 Å². The maximum atomic E-state index is 4.02. The second kappa shape index (κ2) is 7.96. The molecule has 6 aromatic rings. The third kappa shape index (κ3) is 3.18. The lowest BCUT2D eigenvalue weighted by molar-refractivity contribution is 1.15. The van der Waals surface area contributed by atoms with Gasteiger partial charge in [0, 0.05) is 16.3 Å². The zero-order valence-electron chi connectivity index (χ0n) is 18.3. The third-order valence-electron chi connectivity index (χ3n) is 6.34. The Morgan fingerprint density at radius 2 is 1.24 bits per heavy atom. The van der Waals surface area contributed by atoms with Gasteiger partial charge >= 0.3 is 0 Å². The number of benzene rings is 5. The molecule has 0 aliphatic carbocycles. The summed E-state index contributed by atoms with van der Waals surface area (Å²) in [4.78, 5) is 0. The van der Waals surface area contributed by atoms with Gasteiger partial charge in [-0.2, -0.15) is 0 Å². The summed E-state index contributed by atoms with van der Waals surface area (Å²) in [6, 6.07) is 43.2. The van der Waals surface area contributed by atoms with Gasteiger partial charge in [-0.15, -0.1) is 0 Å². The van der Waals surface area contributed by atoms with E-state index < -0.39 is 0 Å². The van der Waals surface area contributed by atoms with E-state index in [1.54, 1.807) is 0 Å². The highest BCUT2D eigenvalue weighted by molar-refractivity contribution is 6.07. The lowest BCUT2D eigenvalue weighted by Gasteiger charge is -2.15. The maximum Gasteiger partial charge on any atom is 0.0619 e. The van der Waals surface area contributed by atoms with E-state index in [-0.39, 0.29) is 0 Å². The van der Waals surface area contributed by atoms with Crippen LogP contribution < -0.4 is 0 Å². The van der Waals surface area contributed by atoms with Gasteiger partial charge in [0.25, 0.3) is 0 Å². The second-order valence-corrected chi connectivity index (χ2v) is 8.27. The first-order chi connectivity index (χ1) is 16.3. The van der Waals surface area contributed by atoms with E-state index in [9.17, 15) is 0 Å². The van der Waals surface area contributed by atoms with Gasteiger partial charge in [-0.1, -0.05) is 116 Å². The molecule has 0 aliphatic heterocycles. The van der Waals surface area contributed by atoms with Crippen molar-refractivity contribution < 1.29 is 0 Å². The van der Waals surface area contributed by atoms with Gasteiger partial charge in [0.1, 0.15) is 0 Å². The molecule has 0 saturated heterocycles. The fourth-order valence-electron chi connectivity index (χ4n) is 4.86. The molecule has 0 unspecified atom stereocenters. The predicted octanol–water partition coefficient (Wildman–Crippen LogP) is 8.76. The second-order valence-electron chi connectivity index (χ2n) is 8.27. The Kier molecular flexibility index (Phi) is 4.66. The van der Waals surface area contributed by atoms with Crippen molar-refractivity contribution in [2.45, 2.75) is 0 Å². The van der Waals surface area contributed by atoms with Crippen molar-refractivity contribution in [2.24, 2.45) is 0 Å². The molecule has 156 valence electrons. The Balaban J connectivity index is 1.84. The fourth-order valence-corrected chi connectivity index (χ4v) is 4.86. The summed E-state index contributed by atoms with van der Waals surface area (Å²) in [5.41, 5.74) is 8.35. The van der Waals surface area contributed by atoms with Crippen molar-refractivity contribution in [3.63, 3.8) is 0 Å². The number of rotatable bonds is 4. The van der Waals surface area contributed by atoms with Crippen LogP contribution in [0.25, 0.3) is 55.8 Å². The van der Waals surface area contributed by atoms with E-state index in [1.807, 2.05) is 6.08 Å². The highest BCUT2D eigenvalue weighted by Gasteiger charge is 2.22. The number of aromatic nitrogens is 1. The molecule has 0 aliphatic rings. The van der Waals surface area contributed by atoms with Crippen LogP contribution in [0.3, 0.4) is 0 Å². The monoisotopic (exact) mass is 421 g/mol. The van der Waals surface area contributed by atoms with E-state index in [0.29, 0.717) is 0 Å². The summed E-state index contributed by atoms with van der Waals surface area (Å²) >= 11 is 0. The van der Waals surface area contributed by atoms with Crippen molar-refractivity contribution in [1.29, 1.82) is 0 Å². The molecule has 0 radical (unpaired) electrons. The third-order valence-corrected chi connectivity index (χ3v) is 6.34. The predicted molar refractivity (Wildman–Crippen MR) is 142 cm³/mol. The average molecular weight is 422 g/mol. The van der Waals surface area contributed by atoms with E-state index >= 15 is 0 Å². The summed E-state index contributed by atoms with van der Waals surface area (Å²) in [7, 11) is 0. The van der Waals surface area contributed by atoms with Crippen LogP contribution in [0.2, 0.25) is 0 Å². The van der Waals surface area contributed by atoms with Crippen LogP contribution in [0.1, 0.15) is 5.56 Å². The first-order valence-corrected chi connectivity index (χ1v) is 11.2. The number of hydrogen-bond acceptors (Lipinski definition) is 0. The number of hydrogen-bond donors (Lipinski definition) is 0. The Bertz CT molecular complexity index is 1600. The zero-order chi connectivity index (χ0) is 22.2. The minimum Gasteiger partial charge on any atom is -0.308 e. The summed E-state index contributed by atoms with van der Waals surface area (Å²) in [6.45, 7) is 4.02. The average Bonchev–Trinajstić information content (AvgIpc) is 3.23. The Hall–Kier alpha value is -4.36. The van der Waals surface area contributed by atoms with E-state index in [2.05, 4.69) is 132 Å². The largest absolute Gasteiger partial charge is 0.308 e. The standard InChI is InChI=1S/C32H23N/c1-2-23-20-21-30-28(22-23)31(25-13-5-3-6-14-25)32(26-15-7-4-8-16-26)33(30)29-19-11-17-24-12-9-10-18-27(24)29/h2-22H,1H2. The lowest BCUT2D eigenvalue weighted by Crippen LogP contribution is -1.98. The van der Waals surface area contributed by atoms with Gasteiger partial charge in [-0.25, -0.2) is 0 Å². The number of fused-ring (bicyclic) bond motifs is 2. The molecule has 1 nitrogen and oxygen atoms in total. The molecule has 1 aromatic heterocycles. The SMILES string of the molecule is C=Cc1ccc2c(c1)c(-c1ccccc1)c(-c1ccccc1)n2-c1cccc2ccccc12. The van der Waals surface area contributed by atoms with Crippen molar-refractivity contribution >= 4 is 27.8 Å². The van der Waals surface area contributed by atoms with Crippen LogP contribution >= 0.6 is 0 Å². The summed E-state index contributed by atoms with van der Waals surface area (Å²) in [6.07, 6.45) is 1.92. The van der Waals surface area contributed by atoms with Crippen molar-refractivity contribution in [1.82, 2.24) is 4.57 Å². The van der Waals surface area contributed by atoms with E-state index in [0.717, 1.165) is 5.56 Å². The Morgan fingerprint density at radius 1 is 0.576 bits per heavy atom.